The Morgan fingerprint density at radius 1 is 1.12 bits per heavy atom. The first-order chi connectivity index (χ1) is 8.31. The first-order valence-corrected chi connectivity index (χ1v) is 7.09. The summed E-state index contributed by atoms with van der Waals surface area (Å²) < 4.78 is 0. The molecule has 2 rings (SSSR count). The van der Waals surface area contributed by atoms with Crippen molar-refractivity contribution in [2.75, 3.05) is 0 Å². The van der Waals surface area contributed by atoms with Gasteiger partial charge in [0, 0.05) is 0 Å². The van der Waals surface area contributed by atoms with Gasteiger partial charge in [-0.25, -0.2) is 0 Å². The van der Waals surface area contributed by atoms with Crippen molar-refractivity contribution in [3.8, 4) is 5.75 Å². The first-order valence-electron chi connectivity index (χ1n) is 7.09. The lowest BCUT2D eigenvalue weighted by atomic mass is 9.77. The van der Waals surface area contributed by atoms with Gasteiger partial charge < -0.3 is 5.11 Å². The van der Waals surface area contributed by atoms with Crippen LogP contribution in [0.15, 0.2) is 24.3 Å². The number of aromatic hydroxyl groups is 1. The molecule has 1 heteroatoms. The van der Waals surface area contributed by atoms with Crippen LogP contribution in [0.25, 0.3) is 0 Å². The molecule has 17 heavy (non-hydrogen) atoms. The molecule has 1 N–H and O–H groups in total. The van der Waals surface area contributed by atoms with E-state index in [2.05, 4.69) is 13.0 Å². The highest BCUT2D eigenvalue weighted by Gasteiger charge is 2.23. The lowest BCUT2D eigenvalue weighted by Gasteiger charge is -2.29. The Bertz CT molecular complexity index is 337. The van der Waals surface area contributed by atoms with E-state index in [4.69, 9.17) is 0 Å². The maximum atomic E-state index is 9.87. The number of rotatable bonds is 4. The molecule has 1 aliphatic carbocycles. The van der Waals surface area contributed by atoms with Crippen molar-refractivity contribution in [1.29, 1.82) is 0 Å². The molecule has 1 aromatic carbocycles. The van der Waals surface area contributed by atoms with Crippen LogP contribution in [0.2, 0.25) is 0 Å². The van der Waals surface area contributed by atoms with E-state index >= 15 is 0 Å². The van der Waals surface area contributed by atoms with Crippen LogP contribution in [0.5, 0.6) is 5.75 Å². The highest BCUT2D eigenvalue weighted by atomic mass is 16.3. The van der Waals surface area contributed by atoms with Crippen LogP contribution in [0.3, 0.4) is 0 Å². The molecular formula is C16H24O. The molecule has 1 saturated carbocycles. The summed E-state index contributed by atoms with van der Waals surface area (Å²) in [6.45, 7) is 2.27. The molecular weight excluding hydrogens is 208 g/mol. The summed E-state index contributed by atoms with van der Waals surface area (Å²) in [6, 6.07) is 7.86. The molecule has 1 nitrogen and oxygen atoms in total. The van der Waals surface area contributed by atoms with E-state index < -0.39 is 0 Å². The summed E-state index contributed by atoms with van der Waals surface area (Å²) >= 11 is 0. The number of hydrogen-bond acceptors (Lipinski definition) is 1. The maximum Gasteiger partial charge on any atom is 0.119 e. The van der Waals surface area contributed by atoms with E-state index in [1.54, 1.807) is 0 Å². The second-order valence-electron chi connectivity index (χ2n) is 5.42. The molecule has 0 aromatic heterocycles. The van der Waals surface area contributed by atoms with Gasteiger partial charge >= 0.3 is 0 Å². The molecule has 0 saturated heterocycles. The van der Waals surface area contributed by atoms with Crippen molar-refractivity contribution >= 4 is 0 Å². The number of benzene rings is 1. The third-order valence-electron chi connectivity index (χ3n) is 4.19. The zero-order chi connectivity index (χ0) is 12.1. The highest BCUT2D eigenvalue weighted by Crippen LogP contribution is 2.40. The molecule has 94 valence electrons. The predicted molar refractivity (Wildman–Crippen MR) is 72.3 cm³/mol. The van der Waals surface area contributed by atoms with E-state index in [9.17, 15) is 5.11 Å². The Morgan fingerprint density at radius 2 is 1.82 bits per heavy atom. The molecule has 0 unspecified atom stereocenters. The first kappa shape index (κ1) is 12.5. The van der Waals surface area contributed by atoms with Crippen LogP contribution < -0.4 is 0 Å². The fraction of sp³-hybridized carbons (Fsp3) is 0.625. The van der Waals surface area contributed by atoms with Crippen LogP contribution in [0, 0.1) is 5.92 Å². The summed E-state index contributed by atoms with van der Waals surface area (Å²) in [6.07, 6.45) is 9.31. The average Bonchev–Trinajstić information content (AvgIpc) is 2.38. The number of unbranched alkanes of at least 4 members (excludes halogenated alkanes) is 1. The fourth-order valence-corrected chi connectivity index (χ4v) is 3.09. The molecule has 0 bridgehead atoms. The number of phenolic OH excluding ortho intramolecular Hbond substituents is 1. The van der Waals surface area contributed by atoms with Crippen molar-refractivity contribution in [2.24, 2.45) is 5.92 Å². The number of hydrogen-bond donors (Lipinski definition) is 1. The lowest BCUT2D eigenvalue weighted by Crippen LogP contribution is -2.13. The van der Waals surface area contributed by atoms with E-state index in [0.29, 0.717) is 11.7 Å². The largest absolute Gasteiger partial charge is 0.508 e. The van der Waals surface area contributed by atoms with Crippen LogP contribution in [0.4, 0.5) is 0 Å². The third kappa shape index (κ3) is 3.24. The zero-order valence-corrected chi connectivity index (χ0v) is 10.9. The van der Waals surface area contributed by atoms with Gasteiger partial charge in [0.05, 0.1) is 0 Å². The van der Waals surface area contributed by atoms with Gasteiger partial charge in [-0.1, -0.05) is 44.4 Å². The van der Waals surface area contributed by atoms with Gasteiger partial charge in [0.2, 0.25) is 0 Å². The van der Waals surface area contributed by atoms with Gasteiger partial charge in [-0.15, -0.1) is 0 Å². The predicted octanol–water partition coefficient (Wildman–Crippen LogP) is 4.86. The third-order valence-corrected chi connectivity index (χ3v) is 4.19. The van der Waals surface area contributed by atoms with Crippen molar-refractivity contribution in [3.63, 3.8) is 0 Å². The van der Waals surface area contributed by atoms with Gasteiger partial charge in [0.15, 0.2) is 0 Å². The minimum absolute atomic E-state index is 0.490. The van der Waals surface area contributed by atoms with Crippen molar-refractivity contribution in [1.82, 2.24) is 0 Å². The lowest BCUT2D eigenvalue weighted by molar-refractivity contribution is 0.300. The van der Waals surface area contributed by atoms with E-state index in [1.165, 1.54) is 50.5 Å². The van der Waals surface area contributed by atoms with Gasteiger partial charge in [0.25, 0.3) is 0 Å². The van der Waals surface area contributed by atoms with Crippen molar-refractivity contribution < 1.29 is 5.11 Å². The quantitative estimate of drug-likeness (QED) is 0.786. The monoisotopic (exact) mass is 232 g/mol. The van der Waals surface area contributed by atoms with E-state index in [0.717, 1.165) is 5.92 Å². The Kier molecular flexibility index (Phi) is 4.47. The van der Waals surface area contributed by atoms with Crippen LogP contribution in [-0.2, 0) is 0 Å². The smallest absolute Gasteiger partial charge is 0.119 e. The minimum Gasteiger partial charge on any atom is -0.508 e. The highest BCUT2D eigenvalue weighted by molar-refractivity contribution is 5.35. The van der Waals surface area contributed by atoms with Gasteiger partial charge in [-0.05, 0) is 49.1 Å². The summed E-state index contributed by atoms with van der Waals surface area (Å²) in [5, 5.41) is 9.87. The molecule has 0 amide bonds. The molecule has 0 heterocycles. The van der Waals surface area contributed by atoms with Gasteiger partial charge in [0.1, 0.15) is 5.75 Å². The molecule has 0 aliphatic heterocycles. The van der Waals surface area contributed by atoms with Crippen LogP contribution in [-0.4, -0.2) is 5.11 Å². The van der Waals surface area contributed by atoms with Crippen LogP contribution >= 0.6 is 0 Å². The van der Waals surface area contributed by atoms with Gasteiger partial charge in [-0.2, -0.15) is 0 Å². The summed E-state index contributed by atoms with van der Waals surface area (Å²) in [5.74, 6) is 2.02. The van der Waals surface area contributed by atoms with Crippen molar-refractivity contribution in [2.45, 2.75) is 57.8 Å². The fourth-order valence-electron chi connectivity index (χ4n) is 3.09. The average molecular weight is 232 g/mol. The molecule has 0 spiro atoms. The standard InChI is InChI=1S/C16H24O/c1-2-3-6-13-9-11-14(12-10-13)15-7-4-5-8-16(15)17/h4-5,7-8,13-14,17H,2-3,6,9-12H2,1H3/t13-,14-. The molecule has 1 aromatic rings. The summed E-state index contributed by atoms with van der Waals surface area (Å²) in [7, 11) is 0. The summed E-state index contributed by atoms with van der Waals surface area (Å²) in [5.41, 5.74) is 1.17. The topological polar surface area (TPSA) is 20.2 Å². The normalized spacial score (nSPS) is 24.8. The van der Waals surface area contributed by atoms with Crippen LogP contribution in [0.1, 0.15) is 63.4 Å². The summed E-state index contributed by atoms with van der Waals surface area (Å²) in [4.78, 5) is 0. The number of para-hydroxylation sites is 1. The molecule has 0 radical (unpaired) electrons. The Labute approximate surface area is 105 Å². The second kappa shape index (κ2) is 6.09. The molecule has 1 fully saturated rings. The Hall–Kier alpha value is -0.980. The Balaban J connectivity index is 1.89. The maximum absolute atomic E-state index is 9.87. The molecule has 1 aliphatic rings. The molecule has 0 atom stereocenters. The Morgan fingerprint density at radius 3 is 2.47 bits per heavy atom. The zero-order valence-electron chi connectivity index (χ0n) is 10.9. The minimum atomic E-state index is 0.490. The SMILES string of the molecule is CCCC[C@H]1CC[C@H](c2ccccc2O)CC1. The number of phenols is 1. The second-order valence-corrected chi connectivity index (χ2v) is 5.42. The van der Waals surface area contributed by atoms with Gasteiger partial charge in [-0.3, -0.25) is 0 Å². The van der Waals surface area contributed by atoms with E-state index in [-0.39, 0.29) is 0 Å². The van der Waals surface area contributed by atoms with Crippen molar-refractivity contribution in [3.05, 3.63) is 29.8 Å². The van der Waals surface area contributed by atoms with E-state index in [1.807, 2.05) is 18.2 Å².